The van der Waals surface area contributed by atoms with Crippen LogP contribution in [0.2, 0.25) is 0 Å². The summed E-state index contributed by atoms with van der Waals surface area (Å²) in [5.41, 5.74) is 0.822. The standard InChI is InChI=1S/C16H23FN2O/c1-11(2)19-16(20)7-8-18-13-9-12(10-13)14-5-3-4-6-15(14)17/h3-6,11-13,18H,7-10H2,1-2H3,(H,19,20). The zero-order valence-electron chi connectivity index (χ0n) is 12.2. The first-order valence-electron chi connectivity index (χ1n) is 7.33. The lowest BCUT2D eigenvalue weighted by molar-refractivity contribution is -0.121. The van der Waals surface area contributed by atoms with Gasteiger partial charge in [-0.1, -0.05) is 18.2 Å². The van der Waals surface area contributed by atoms with Crippen LogP contribution >= 0.6 is 0 Å². The monoisotopic (exact) mass is 278 g/mol. The highest BCUT2D eigenvalue weighted by Gasteiger charge is 2.31. The summed E-state index contributed by atoms with van der Waals surface area (Å²) < 4.78 is 13.6. The first kappa shape index (κ1) is 15.0. The Balaban J connectivity index is 1.65. The summed E-state index contributed by atoms with van der Waals surface area (Å²) in [6, 6.07) is 7.59. The van der Waals surface area contributed by atoms with Crippen LogP contribution in [-0.2, 0) is 4.79 Å². The van der Waals surface area contributed by atoms with Crippen LogP contribution < -0.4 is 10.6 Å². The van der Waals surface area contributed by atoms with E-state index >= 15 is 0 Å². The summed E-state index contributed by atoms with van der Waals surface area (Å²) in [6.45, 7) is 4.60. The molecule has 1 aliphatic carbocycles. The Morgan fingerprint density at radius 1 is 1.35 bits per heavy atom. The minimum absolute atomic E-state index is 0.0810. The van der Waals surface area contributed by atoms with Gasteiger partial charge in [0.25, 0.3) is 0 Å². The largest absolute Gasteiger partial charge is 0.354 e. The molecule has 0 heterocycles. The van der Waals surface area contributed by atoms with E-state index in [1.807, 2.05) is 26.0 Å². The van der Waals surface area contributed by atoms with Crippen LogP contribution in [0.4, 0.5) is 4.39 Å². The van der Waals surface area contributed by atoms with E-state index in [-0.39, 0.29) is 17.8 Å². The van der Waals surface area contributed by atoms with Crippen molar-refractivity contribution in [2.24, 2.45) is 0 Å². The Morgan fingerprint density at radius 3 is 2.70 bits per heavy atom. The maximum absolute atomic E-state index is 13.6. The first-order chi connectivity index (χ1) is 9.56. The molecule has 110 valence electrons. The normalized spacial score (nSPS) is 21.6. The second kappa shape index (κ2) is 6.84. The van der Waals surface area contributed by atoms with Gasteiger partial charge < -0.3 is 10.6 Å². The van der Waals surface area contributed by atoms with Gasteiger partial charge in [-0.25, -0.2) is 4.39 Å². The van der Waals surface area contributed by atoms with Gasteiger partial charge in [-0.2, -0.15) is 0 Å². The smallest absolute Gasteiger partial charge is 0.221 e. The van der Waals surface area contributed by atoms with E-state index in [1.54, 1.807) is 6.07 Å². The lowest BCUT2D eigenvalue weighted by Crippen LogP contribution is -2.42. The van der Waals surface area contributed by atoms with Gasteiger partial charge in [0.1, 0.15) is 5.82 Å². The zero-order chi connectivity index (χ0) is 14.5. The summed E-state index contributed by atoms with van der Waals surface area (Å²) >= 11 is 0. The molecule has 0 aliphatic heterocycles. The van der Waals surface area contributed by atoms with Crippen molar-refractivity contribution in [3.05, 3.63) is 35.6 Å². The van der Waals surface area contributed by atoms with Gasteiger partial charge in [-0.15, -0.1) is 0 Å². The van der Waals surface area contributed by atoms with Gasteiger partial charge in [0.15, 0.2) is 0 Å². The zero-order valence-corrected chi connectivity index (χ0v) is 12.2. The van der Waals surface area contributed by atoms with Crippen molar-refractivity contribution in [3.8, 4) is 0 Å². The Kier molecular flexibility index (Phi) is 5.12. The Bertz CT molecular complexity index is 456. The quantitative estimate of drug-likeness (QED) is 0.839. The highest BCUT2D eigenvalue weighted by Crippen LogP contribution is 2.37. The predicted molar refractivity (Wildman–Crippen MR) is 78.1 cm³/mol. The van der Waals surface area contributed by atoms with Gasteiger partial charge in [0, 0.05) is 25.0 Å². The number of rotatable bonds is 6. The van der Waals surface area contributed by atoms with Crippen molar-refractivity contribution in [1.82, 2.24) is 10.6 Å². The number of halogens is 1. The van der Waals surface area contributed by atoms with Crippen LogP contribution in [0.3, 0.4) is 0 Å². The molecule has 1 aromatic carbocycles. The fraction of sp³-hybridized carbons (Fsp3) is 0.562. The molecular weight excluding hydrogens is 255 g/mol. The third-order valence-electron chi connectivity index (χ3n) is 3.72. The highest BCUT2D eigenvalue weighted by molar-refractivity contribution is 5.76. The number of carbonyl (C=O) groups excluding carboxylic acids is 1. The molecule has 2 rings (SSSR count). The number of benzene rings is 1. The number of amides is 1. The lowest BCUT2D eigenvalue weighted by atomic mass is 9.75. The Labute approximate surface area is 120 Å². The van der Waals surface area contributed by atoms with Crippen LogP contribution in [0.15, 0.2) is 24.3 Å². The van der Waals surface area contributed by atoms with Gasteiger partial charge in [-0.3, -0.25) is 4.79 Å². The molecule has 1 aliphatic rings. The van der Waals surface area contributed by atoms with Gasteiger partial charge in [-0.05, 0) is 44.2 Å². The van der Waals surface area contributed by atoms with Gasteiger partial charge in [0.2, 0.25) is 5.91 Å². The molecule has 0 saturated heterocycles. The minimum atomic E-state index is -0.104. The molecule has 0 atom stereocenters. The van der Waals surface area contributed by atoms with E-state index in [0.29, 0.717) is 24.9 Å². The van der Waals surface area contributed by atoms with E-state index in [2.05, 4.69) is 10.6 Å². The first-order valence-corrected chi connectivity index (χ1v) is 7.33. The van der Waals surface area contributed by atoms with E-state index in [4.69, 9.17) is 0 Å². The summed E-state index contributed by atoms with van der Waals surface area (Å²) in [4.78, 5) is 11.5. The maximum atomic E-state index is 13.6. The lowest BCUT2D eigenvalue weighted by Gasteiger charge is -2.36. The Morgan fingerprint density at radius 2 is 2.05 bits per heavy atom. The third kappa shape index (κ3) is 4.04. The molecule has 0 bridgehead atoms. The van der Waals surface area contributed by atoms with Crippen LogP contribution in [0, 0.1) is 5.82 Å². The summed E-state index contributed by atoms with van der Waals surface area (Å²) in [5.74, 6) is 0.294. The molecular formula is C16H23FN2O. The molecule has 1 amide bonds. The highest BCUT2D eigenvalue weighted by atomic mass is 19.1. The third-order valence-corrected chi connectivity index (χ3v) is 3.72. The molecule has 3 nitrogen and oxygen atoms in total. The van der Waals surface area contributed by atoms with Crippen molar-refractivity contribution in [1.29, 1.82) is 0 Å². The van der Waals surface area contributed by atoms with E-state index in [0.717, 1.165) is 18.4 Å². The maximum Gasteiger partial charge on any atom is 0.221 e. The van der Waals surface area contributed by atoms with E-state index in [9.17, 15) is 9.18 Å². The van der Waals surface area contributed by atoms with Crippen LogP contribution in [0.5, 0.6) is 0 Å². The Hall–Kier alpha value is -1.42. The number of hydrogen-bond donors (Lipinski definition) is 2. The topological polar surface area (TPSA) is 41.1 Å². The molecule has 2 N–H and O–H groups in total. The van der Waals surface area contributed by atoms with Crippen LogP contribution in [-0.4, -0.2) is 24.5 Å². The molecule has 0 aromatic heterocycles. The fourth-order valence-corrected chi connectivity index (χ4v) is 2.63. The van der Waals surface area contributed by atoms with Crippen molar-refractivity contribution in [2.75, 3.05) is 6.54 Å². The second-order valence-corrected chi connectivity index (χ2v) is 5.81. The average molecular weight is 278 g/mol. The molecule has 1 aromatic rings. The van der Waals surface area contributed by atoms with Gasteiger partial charge >= 0.3 is 0 Å². The molecule has 20 heavy (non-hydrogen) atoms. The van der Waals surface area contributed by atoms with Crippen molar-refractivity contribution >= 4 is 5.91 Å². The summed E-state index contributed by atoms with van der Waals surface area (Å²) in [6.07, 6.45) is 2.40. The van der Waals surface area contributed by atoms with E-state index in [1.165, 1.54) is 6.07 Å². The van der Waals surface area contributed by atoms with Crippen molar-refractivity contribution < 1.29 is 9.18 Å². The van der Waals surface area contributed by atoms with E-state index < -0.39 is 0 Å². The minimum Gasteiger partial charge on any atom is -0.354 e. The van der Waals surface area contributed by atoms with Crippen LogP contribution in [0.1, 0.15) is 44.6 Å². The number of nitrogens with one attached hydrogen (secondary N) is 2. The molecule has 0 unspecified atom stereocenters. The summed E-state index contributed by atoms with van der Waals surface area (Å²) in [5, 5.41) is 6.23. The summed E-state index contributed by atoms with van der Waals surface area (Å²) in [7, 11) is 0. The predicted octanol–water partition coefficient (Wildman–Crippen LogP) is 2.58. The second-order valence-electron chi connectivity index (χ2n) is 5.81. The molecule has 1 saturated carbocycles. The van der Waals surface area contributed by atoms with Crippen molar-refractivity contribution in [3.63, 3.8) is 0 Å². The fourth-order valence-electron chi connectivity index (χ4n) is 2.63. The molecule has 0 radical (unpaired) electrons. The molecule has 1 fully saturated rings. The van der Waals surface area contributed by atoms with Gasteiger partial charge in [0.05, 0.1) is 0 Å². The SMILES string of the molecule is CC(C)NC(=O)CCNC1CC(c2ccccc2F)C1. The molecule has 0 spiro atoms. The number of carbonyl (C=O) groups is 1. The molecule has 4 heteroatoms. The number of hydrogen-bond acceptors (Lipinski definition) is 2. The van der Waals surface area contributed by atoms with Crippen LogP contribution in [0.25, 0.3) is 0 Å². The average Bonchev–Trinajstić information content (AvgIpc) is 2.32. The van der Waals surface area contributed by atoms with Crippen molar-refractivity contribution in [2.45, 2.75) is 51.1 Å².